The number of hydrogen-bond acceptors (Lipinski definition) is 3. The molecule has 0 radical (unpaired) electrons. The van der Waals surface area contributed by atoms with Gasteiger partial charge in [-0.05, 0) is 26.8 Å². The van der Waals surface area contributed by atoms with Crippen LogP contribution in [0.3, 0.4) is 0 Å². The summed E-state index contributed by atoms with van der Waals surface area (Å²) in [5.41, 5.74) is 0. The van der Waals surface area contributed by atoms with E-state index in [0.29, 0.717) is 16.9 Å². The average molecular weight is 262 g/mol. The van der Waals surface area contributed by atoms with Crippen molar-refractivity contribution in [3.63, 3.8) is 0 Å². The Morgan fingerprint density at radius 2 is 2.43 bits per heavy atom. The summed E-state index contributed by atoms with van der Waals surface area (Å²) in [4.78, 5) is 10.0. The Bertz CT molecular complexity index is 337. The summed E-state index contributed by atoms with van der Waals surface area (Å²) in [5, 5.41) is 14.4. The molecule has 1 atom stereocenters. The van der Waals surface area contributed by atoms with Crippen molar-refractivity contribution in [1.29, 1.82) is 0 Å². The minimum absolute atomic E-state index is 0.117. The maximum Gasteiger partial charge on any atom is 0.404 e. The van der Waals surface area contributed by atoms with Crippen molar-refractivity contribution in [3.05, 3.63) is 20.8 Å². The fraction of sp³-hybridized carbons (Fsp3) is 0.625. The van der Waals surface area contributed by atoms with Crippen LogP contribution in [0.25, 0.3) is 0 Å². The summed E-state index contributed by atoms with van der Waals surface area (Å²) in [5.74, 6) is 0.356. The lowest BCUT2D eigenvalue weighted by Gasteiger charge is -2.03. The van der Waals surface area contributed by atoms with Crippen molar-refractivity contribution in [1.82, 2.24) is 9.78 Å². The van der Waals surface area contributed by atoms with Gasteiger partial charge in [0.05, 0.1) is 17.8 Å². The molecule has 0 aliphatic rings. The van der Waals surface area contributed by atoms with Crippen LogP contribution in [0.5, 0.6) is 0 Å². The Kier molecular flexibility index (Phi) is 3.62. The lowest BCUT2D eigenvalue weighted by Crippen LogP contribution is -2.07. The molecule has 1 rings (SSSR count). The first-order chi connectivity index (χ1) is 6.54. The molecule has 0 saturated carbocycles. The van der Waals surface area contributed by atoms with Crippen molar-refractivity contribution in [2.24, 2.45) is 5.92 Å². The molecule has 0 N–H and O–H groups in total. The zero-order chi connectivity index (χ0) is 10.7. The van der Waals surface area contributed by atoms with Crippen molar-refractivity contribution < 1.29 is 4.92 Å². The van der Waals surface area contributed by atoms with Crippen LogP contribution >= 0.6 is 15.9 Å². The van der Waals surface area contributed by atoms with Gasteiger partial charge in [-0.15, -0.1) is 0 Å². The van der Waals surface area contributed by atoms with Crippen LogP contribution in [0, 0.1) is 16.0 Å². The number of rotatable bonds is 4. The molecule has 1 aromatic rings. The van der Waals surface area contributed by atoms with E-state index in [1.165, 1.54) is 0 Å². The molecule has 0 fully saturated rings. The first-order valence-electron chi connectivity index (χ1n) is 4.42. The van der Waals surface area contributed by atoms with Crippen molar-refractivity contribution in [2.45, 2.75) is 26.8 Å². The highest BCUT2D eigenvalue weighted by molar-refractivity contribution is 9.10. The van der Waals surface area contributed by atoms with Crippen LogP contribution in [0.2, 0.25) is 0 Å². The Hall–Kier alpha value is -0.910. The molecule has 1 heterocycles. The number of nitrogens with zero attached hydrogens (tertiary/aromatic N) is 3. The van der Waals surface area contributed by atoms with Crippen LogP contribution in [-0.2, 0) is 6.54 Å². The lowest BCUT2D eigenvalue weighted by atomic mass is 10.1. The molecule has 0 bridgehead atoms. The van der Waals surface area contributed by atoms with Crippen LogP contribution < -0.4 is 0 Å². The fourth-order valence-electron chi connectivity index (χ4n) is 1.05. The lowest BCUT2D eigenvalue weighted by molar-refractivity contribution is -0.390. The summed E-state index contributed by atoms with van der Waals surface area (Å²) in [6, 6.07) is 0. The Morgan fingerprint density at radius 1 is 1.79 bits per heavy atom. The van der Waals surface area contributed by atoms with E-state index in [2.05, 4.69) is 34.9 Å². The van der Waals surface area contributed by atoms with Gasteiger partial charge in [0.25, 0.3) is 0 Å². The zero-order valence-corrected chi connectivity index (χ0v) is 9.69. The summed E-state index contributed by atoms with van der Waals surface area (Å²) in [6.07, 6.45) is 2.68. The van der Waals surface area contributed by atoms with E-state index in [-0.39, 0.29) is 5.82 Å². The highest BCUT2D eigenvalue weighted by Crippen LogP contribution is 2.22. The first-order valence-corrected chi connectivity index (χ1v) is 5.21. The molecular formula is C8H12BrN3O2. The highest BCUT2D eigenvalue weighted by Gasteiger charge is 2.18. The molecule has 0 amide bonds. The standard InChI is InChI=1S/C8H12BrN3O2/c1-3-6(2)4-11-5-7(9)8(10-11)12(13)14/h5-6H,3-4H2,1-2H3. The van der Waals surface area contributed by atoms with E-state index in [4.69, 9.17) is 0 Å². The molecule has 1 aromatic heterocycles. The van der Waals surface area contributed by atoms with Crippen molar-refractivity contribution in [2.75, 3.05) is 0 Å². The quantitative estimate of drug-likeness (QED) is 0.618. The minimum Gasteiger partial charge on any atom is -0.358 e. The normalized spacial score (nSPS) is 12.8. The monoisotopic (exact) mass is 261 g/mol. The van der Waals surface area contributed by atoms with Crippen LogP contribution in [0.4, 0.5) is 5.82 Å². The second-order valence-corrected chi connectivity index (χ2v) is 4.15. The van der Waals surface area contributed by atoms with E-state index in [9.17, 15) is 10.1 Å². The second-order valence-electron chi connectivity index (χ2n) is 3.29. The molecule has 1 unspecified atom stereocenters. The molecule has 0 aromatic carbocycles. The van der Waals surface area contributed by atoms with Gasteiger partial charge in [-0.1, -0.05) is 20.3 Å². The van der Waals surface area contributed by atoms with Gasteiger partial charge in [-0.3, -0.25) is 0 Å². The number of aromatic nitrogens is 2. The van der Waals surface area contributed by atoms with E-state index in [1.807, 2.05) is 0 Å². The summed E-state index contributed by atoms with van der Waals surface area (Å²) >= 11 is 3.10. The van der Waals surface area contributed by atoms with Gasteiger partial charge in [0.15, 0.2) is 0 Å². The maximum absolute atomic E-state index is 10.5. The average Bonchev–Trinajstić information content (AvgIpc) is 2.46. The number of hydrogen-bond donors (Lipinski definition) is 0. The highest BCUT2D eigenvalue weighted by atomic mass is 79.9. The number of halogens is 1. The summed E-state index contributed by atoms with van der Waals surface area (Å²) < 4.78 is 2.04. The van der Waals surface area contributed by atoms with Gasteiger partial charge < -0.3 is 10.1 Å². The molecule has 78 valence electrons. The second kappa shape index (κ2) is 4.54. The summed E-state index contributed by atoms with van der Waals surface area (Å²) in [7, 11) is 0. The number of nitro groups is 1. The van der Waals surface area contributed by atoms with Crippen LogP contribution in [0.15, 0.2) is 10.7 Å². The smallest absolute Gasteiger partial charge is 0.358 e. The SMILES string of the molecule is CCC(C)Cn1cc(Br)c([N+](=O)[O-])n1. The predicted molar refractivity (Wildman–Crippen MR) is 56.0 cm³/mol. The van der Waals surface area contributed by atoms with Gasteiger partial charge in [-0.25, -0.2) is 0 Å². The molecule has 6 heteroatoms. The third-order valence-corrected chi connectivity index (χ3v) is 2.63. The largest absolute Gasteiger partial charge is 0.404 e. The minimum atomic E-state index is -0.489. The Morgan fingerprint density at radius 3 is 2.86 bits per heavy atom. The van der Waals surface area contributed by atoms with E-state index in [1.54, 1.807) is 10.9 Å². The maximum atomic E-state index is 10.5. The van der Waals surface area contributed by atoms with Gasteiger partial charge in [-0.2, -0.15) is 4.68 Å². The molecule has 0 aliphatic carbocycles. The molecule has 14 heavy (non-hydrogen) atoms. The third kappa shape index (κ3) is 2.54. The fourth-order valence-corrected chi connectivity index (χ4v) is 1.51. The van der Waals surface area contributed by atoms with Crippen LogP contribution in [0.1, 0.15) is 20.3 Å². The predicted octanol–water partition coefficient (Wildman–Crippen LogP) is 2.60. The van der Waals surface area contributed by atoms with Crippen molar-refractivity contribution >= 4 is 21.7 Å². The van der Waals surface area contributed by atoms with Gasteiger partial charge in [0, 0.05) is 0 Å². The van der Waals surface area contributed by atoms with Crippen LogP contribution in [-0.4, -0.2) is 14.7 Å². The topological polar surface area (TPSA) is 61.0 Å². The molecule has 0 spiro atoms. The van der Waals surface area contributed by atoms with Gasteiger partial charge in [0.1, 0.15) is 4.47 Å². The Labute approximate surface area is 90.4 Å². The molecule has 5 nitrogen and oxygen atoms in total. The molecular weight excluding hydrogens is 250 g/mol. The van der Waals surface area contributed by atoms with Gasteiger partial charge >= 0.3 is 5.82 Å². The molecule has 0 saturated heterocycles. The van der Waals surface area contributed by atoms with E-state index in [0.717, 1.165) is 6.42 Å². The molecule has 0 aliphatic heterocycles. The van der Waals surface area contributed by atoms with E-state index < -0.39 is 4.92 Å². The first kappa shape index (κ1) is 11.2. The zero-order valence-electron chi connectivity index (χ0n) is 8.11. The van der Waals surface area contributed by atoms with Gasteiger partial charge in [0.2, 0.25) is 0 Å². The summed E-state index contributed by atoms with van der Waals surface area (Å²) in [6.45, 7) is 4.88. The van der Waals surface area contributed by atoms with E-state index >= 15 is 0 Å². The third-order valence-electron chi connectivity index (χ3n) is 2.07. The Balaban J connectivity index is 2.81. The van der Waals surface area contributed by atoms with Crippen molar-refractivity contribution in [3.8, 4) is 0 Å².